The number of anilines is 1. The van der Waals surface area contributed by atoms with Crippen molar-refractivity contribution in [2.45, 2.75) is 6.92 Å². The van der Waals surface area contributed by atoms with Crippen molar-refractivity contribution in [3.63, 3.8) is 0 Å². The molecule has 0 aliphatic carbocycles. The summed E-state index contributed by atoms with van der Waals surface area (Å²) in [5.41, 5.74) is 9.17. The number of nitrogens with two attached hydrogens (primary N) is 1. The van der Waals surface area contributed by atoms with Gasteiger partial charge in [-0.1, -0.05) is 24.3 Å². The van der Waals surface area contributed by atoms with Gasteiger partial charge in [0.1, 0.15) is 0 Å². The van der Waals surface area contributed by atoms with E-state index in [1.165, 1.54) is 16.0 Å². The van der Waals surface area contributed by atoms with E-state index in [0.717, 1.165) is 11.4 Å². The Morgan fingerprint density at radius 3 is 2.79 bits per heavy atom. The molecule has 1 aromatic carbocycles. The number of thioether (sulfide) groups is 1. The smallest absolute Gasteiger partial charge is 0.0320 e. The Kier molecular flexibility index (Phi) is 2.64. The first kappa shape index (κ1) is 9.41. The summed E-state index contributed by atoms with van der Waals surface area (Å²) in [6.07, 6.45) is 4.34. The third kappa shape index (κ3) is 2.02. The van der Waals surface area contributed by atoms with Crippen LogP contribution in [0.1, 0.15) is 12.5 Å². The van der Waals surface area contributed by atoms with Crippen LogP contribution in [0.4, 0.5) is 5.69 Å². The van der Waals surface area contributed by atoms with Crippen molar-refractivity contribution in [3.05, 3.63) is 46.9 Å². The van der Waals surface area contributed by atoms with Crippen LogP contribution in [0.5, 0.6) is 0 Å². The molecule has 0 spiro atoms. The minimum absolute atomic E-state index is 0.833. The fourth-order valence-electron chi connectivity index (χ4n) is 1.42. The van der Waals surface area contributed by atoms with Crippen molar-refractivity contribution in [3.8, 4) is 0 Å². The van der Waals surface area contributed by atoms with Crippen LogP contribution in [0.15, 0.2) is 41.3 Å². The van der Waals surface area contributed by atoms with E-state index in [1.807, 2.05) is 30.0 Å². The lowest BCUT2D eigenvalue weighted by Gasteiger charge is -2.12. The summed E-state index contributed by atoms with van der Waals surface area (Å²) in [6, 6.07) is 8.06. The van der Waals surface area contributed by atoms with Crippen LogP contribution in [-0.4, -0.2) is 5.75 Å². The molecule has 1 nitrogen and oxygen atoms in total. The lowest BCUT2D eigenvalue weighted by molar-refractivity contribution is 1.54. The van der Waals surface area contributed by atoms with Gasteiger partial charge in [-0.25, -0.2) is 0 Å². The molecular formula is C12H13NS. The van der Waals surface area contributed by atoms with E-state index in [-0.39, 0.29) is 0 Å². The van der Waals surface area contributed by atoms with Crippen LogP contribution in [0.2, 0.25) is 0 Å². The van der Waals surface area contributed by atoms with Gasteiger partial charge in [-0.3, -0.25) is 0 Å². The summed E-state index contributed by atoms with van der Waals surface area (Å²) >= 11 is 1.88. The van der Waals surface area contributed by atoms with Crippen LogP contribution in [0.25, 0.3) is 5.57 Å². The highest BCUT2D eigenvalue weighted by Gasteiger charge is 2.05. The molecule has 2 heteroatoms. The van der Waals surface area contributed by atoms with E-state index in [1.54, 1.807) is 0 Å². The molecule has 0 amide bonds. The van der Waals surface area contributed by atoms with Gasteiger partial charge in [0.25, 0.3) is 0 Å². The number of hydrogen-bond acceptors (Lipinski definition) is 2. The second kappa shape index (κ2) is 3.93. The third-order valence-corrected chi connectivity index (χ3v) is 3.28. The van der Waals surface area contributed by atoms with E-state index in [4.69, 9.17) is 5.73 Å². The van der Waals surface area contributed by atoms with Crippen LogP contribution >= 0.6 is 11.8 Å². The molecule has 2 rings (SSSR count). The van der Waals surface area contributed by atoms with Crippen LogP contribution in [-0.2, 0) is 0 Å². The van der Waals surface area contributed by atoms with Crippen molar-refractivity contribution >= 4 is 23.0 Å². The van der Waals surface area contributed by atoms with Crippen molar-refractivity contribution in [1.29, 1.82) is 0 Å². The van der Waals surface area contributed by atoms with Gasteiger partial charge < -0.3 is 5.73 Å². The highest BCUT2D eigenvalue weighted by Crippen LogP contribution is 2.29. The molecule has 14 heavy (non-hydrogen) atoms. The summed E-state index contributed by atoms with van der Waals surface area (Å²) in [5.74, 6) is 1.05. The summed E-state index contributed by atoms with van der Waals surface area (Å²) in [7, 11) is 0. The molecule has 72 valence electrons. The Hall–Kier alpha value is -1.15. The zero-order valence-electron chi connectivity index (χ0n) is 8.16. The van der Waals surface area contributed by atoms with E-state index < -0.39 is 0 Å². The Morgan fingerprint density at radius 1 is 1.29 bits per heavy atom. The summed E-state index contributed by atoms with van der Waals surface area (Å²) in [5, 5.41) is 0. The van der Waals surface area contributed by atoms with E-state index in [9.17, 15) is 0 Å². The van der Waals surface area contributed by atoms with Gasteiger partial charge in [-0.2, -0.15) is 0 Å². The second-order valence-electron chi connectivity index (χ2n) is 3.38. The molecule has 1 aliphatic heterocycles. The van der Waals surface area contributed by atoms with Gasteiger partial charge >= 0.3 is 0 Å². The molecule has 2 N–H and O–H groups in total. The fraction of sp³-hybridized carbons (Fsp3) is 0.167. The molecule has 0 bridgehead atoms. The minimum Gasteiger partial charge on any atom is -0.399 e. The average molecular weight is 203 g/mol. The lowest BCUT2D eigenvalue weighted by atomic mass is 10.1. The third-order valence-electron chi connectivity index (χ3n) is 2.23. The molecule has 0 unspecified atom stereocenters. The molecule has 0 saturated carbocycles. The summed E-state index contributed by atoms with van der Waals surface area (Å²) in [6.45, 7) is 2.14. The van der Waals surface area contributed by atoms with Gasteiger partial charge in [0.15, 0.2) is 0 Å². The quantitative estimate of drug-likeness (QED) is 0.709. The SMILES string of the molecule is CC1=CC=C(c2cccc(N)c2)CS1. The molecule has 1 aliphatic rings. The first-order valence-electron chi connectivity index (χ1n) is 4.62. The highest BCUT2D eigenvalue weighted by molar-refractivity contribution is 8.03. The molecule has 0 radical (unpaired) electrons. The largest absolute Gasteiger partial charge is 0.399 e. The molecule has 1 aromatic rings. The Morgan fingerprint density at radius 2 is 2.14 bits per heavy atom. The minimum atomic E-state index is 0.833. The maximum atomic E-state index is 5.74. The molecule has 1 heterocycles. The van der Waals surface area contributed by atoms with E-state index in [2.05, 4.69) is 25.1 Å². The maximum absolute atomic E-state index is 5.74. The normalized spacial score (nSPS) is 16.1. The zero-order chi connectivity index (χ0) is 9.97. The van der Waals surface area contributed by atoms with E-state index in [0.29, 0.717) is 0 Å². The predicted molar refractivity (Wildman–Crippen MR) is 65.0 cm³/mol. The maximum Gasteiger partial charge on any atom is 0.0320 e. The van der Waals surface area contributed by atoms with E-state index >= 15 is 0 Å². The zero-order valence-corrected chi connectivity index (χ0v) is 8.97. The van der Waals surface area contributed by atoms with Crippen molar-refractivity contribution < 1.29 is 0 Å². The summed E-state index contributed by atoms with van der Waals surface area (Å²) < 4.78 is 0. The standard InChI is InChI=1S/C12H13NS/c1-9-5-6-11(8-14-9)10-3-2-4-12(13)7-10/h2-7H,8,13H2,1H3. The molecule has 0 atom stereocenters. The molecular weight excluding hydrogens is 190 g/mol. The average Bonchev–Trinajstić information content (AvgIpc) is 2.19. The predicted octanol–water partition coefficient (Wildman–Crippen LogP) is 3.30. The molecule has 0 fully saturated rings. The van der Waals surface area contributed by atoms with Crippen LogP contribution < -0.4 is 5.73 Å². The fourth-order valence-corrected chi connectivity index (χ4v) is 2.23. The molecule has 0 aromatic heterocycles. The van der Waals surface area contributed by atoms with Gasteiger partial charge in [-0.05, 0) is 35.1 Å². The molecule has 0 saturated heterocycles. The van der Waals surface area contributed by atoms with Crippen LogP contribution in [0.3, 0.4) is 0 Å². The topological polar surface area (TPSA) is 26.0 Å². The number of benzene rings is 1. The highest BCUT2D eigenvalue weighted by atomic mass is 32.2. The van der Waals surface area contributed by atoms with Gasteiger partial charge in [-0.15, -0.1) is 11.8 Å². The number of nitrogen functional groups attached to an aromatic ring is 1. The number of rotatable bonds is 1. The van der Waals surface area contributed by atoms with Gasteiger partial charge in [0.05, 0.1) is 0 Å². The monoisotopic (exact) mass is 203 g/mol. The summed E-state index contributed by atoms with van der Waals surface area (Å²) in [4.78, 5) is 1.37. The van der Waals surface area contributed by atoms with Gasteiger partial charge in [0, 0.05) is 11.4 Å². The second-order valence-corrected chi connectivity index (χ2v) is 4.60. The number of hydrogen-bond donors (Lipinski definition) is 1. The van der Waals surface area contributed by atoms with Gasteiger partial charge in [0.2, 0.25) is 0 Å². The first-order valence-corrected chi connectivity index (χ1v) is 5.60. The Labute approximate surface area is 88.7 Å². The van der Waals surface area contributed by atoms with Crippen molar-refractivity contribution in [1.82, 2.24) is 0 Å². The first-order chi connectivity index (χ1) is 6.75. The van der Waals surface area contributed by atoms with Crippen LogP contribution in [0, 0.1) is 0 Å². The van der Waals surface area contributed by atoms with Crippen molar-refractivity contribution in [2.24, 2.45) is 0 Å². The Bertz CT molecular complexity index is 405. The Balaban J connectivity index is 2.32. The number of allylic oxidation sites excluding steroid dienone is 3. The van der Waals surface area contributed by atoms with Crippen molar-refractivity contribution in [2.75, 3.05) is 11.5 Å². The lowest BCUT2D eigenvalue weighted by Crippen LogP contribution is -1.93.